The third-order valence-electron chi connectivity index (χ3n) is 4.88. The molecule has 0 unspecified atom stereocenters. The Balaban J connectivity index is 1.89. The van der Waals surface area contributed by atoms with Crippen LogP contribution >= 0.6 is 22.6 Å². The van der Waals surface area contributed by atoms with Gasteiger partial charge in [0.2, 0.25) is 0 Å². The SMILES string of the molecule is COc1cc(/C=C(\C#N)C(=O)Nc2cccc(C(F)(F)F)c2)cc(I)c1OS(=O)(=O)c1ccc(C)cc1. The Morgan fingerprint density at radius 2 is 1.78 bits per heavy atom. The number of nitrogens with one attached hydrogen (secondary N) is 1. The molecular formula is C25H18F3IN2O5S. The van der Waals surface area contributed by atoms with Gasteiger partial charge in [0, 0.05) is 5.69 Å². The molecule has 192 valence electrons. The van der Waals surface area contributed by atoms with E-state index in [2.05, 4.69) is 5.32 Å². The first-order valence-electron chi connectivity index (χ1n) is 10.3. The molecule has 0 bridgehead atoms. The van der Waals surface area contributed by atoms with E-state index in [0.29, 0.717) is 3.57 Å². The lowest BCUT2D eigenvalue weighted by atomic mass is 10.1. The zero-order chi connectivity index (χ0) is 27.4. The largest absolute Gasteiger partial charge is 0.493 e. The number of ether oxygens (including phenoxy) is 1. The van der Waals surface area contributed by atoms with Gasteiger partial charge in [0.05, 0.1) is 16.2 Å². The molecule has 0 aliphatic heterocycles. The summed E-state index contributed by atoms with van der Waals surface area (Å²) in [6.07, 6.45) is -3.41. The standard InChI is InChI=1S/C25H18F3IN2O5S/c1-15-6-8-20(9-7-15)37(33,34)36-23-21(29)11-16(12-22(23)35-2)10-17(14-30)24(32)31-19-5-3-4-18(13-19)25(26,27)28/h3-13H,1-2H3,(H,31,32)/b17-10+. The van der Waals surface area contributed by atoms with Crippen molar-refractivity contribution in [1.29, 1.82) is 5.26 Å². The topological polar surface area (TPSA) is 105 Å². The Labute approximate surface area is 224 Å². The second-order valence-corrected chi connectivity index (χ2v) is 10.3. The lowest BCUT2D eigenvalue weighted by molar-refractivity contribution is -0.137. The minimum Gasteiger partial charge on any atom is -0.493 e. The molecule has 37 heavy (non-hydrogen) atoms. The molecule has 0 heterocycles. The fraction of sp³-hybridized carbons (Fsp3) is 0.120. The summed E-state index contributed by atoms with van der Waals surface area (Å²) in [7, 11) is -2.90. The van der Waals surface area contributed by atoms with Crippen molar-refractivity contribution in [2.24, 2.45) is 0 Å². The van der Waals surface area contributed by atoms with Crippen LogP contribution in [-0.4, -0.2) is 21.4 Å². The predicted octanol–water partition coefficient (Wildman–Crippen LogP) is 5.94. The maximum Gasteiger partial charge on any atom is 0.416 e. The number of carbonyl (C=O) groups is 1. The fourth-order valence-corrected chi connectivity index (χ4v) is 4.90. The van der Waals surface area contributed by atoms with E-state index in [1.54, 1.807) is 18.2 Å². The number of anilines is 1. The van der Waals surface area contributed by atoms with Crippen LogP contribution in [0.25, 0.3) is 6.08 Å². The molecule has 3 aromatic rings. The maximum atomic E-state index is 12.9. The molecule has 0 fully saturated rings. The van der Waals surface area contributed by atoms with Crippen LogP contribution in [0.2, 0.25) is 0 Å². The van der Waals surface area contributed by atoms with Crippen molar-refractivity contribution in [3.63, 3.8) is 0 Å². The molecule has 0 spiro atoms. The van der Waals surface area contributed by atoms with Crippen LogP contribution in [0.1, 0.15) is 16.7 Å². The number of nitriles is 1. The smallest absolute Gasteiger partial charge is 0.416 e. The van der Waals surface area contributed by atoms with Gasteiger partial charge in [0.1, 0.15) is 16.5 Å². The van der Waals surface area contributed by atoms with Gasteiger partial charge in [-0.3, -0.25) is 4.79 Å². The van der Waals surface area contributed by atoms with Gasteiger partial charge < -0.3 is 14.2 Å². The normalized spacial score (nSPS) is 12.0. The number of amides is 1. The molecule has 0 radical (unpaired) electrons. The monoisotopic (exact) mass is 642 g/mol. The van der Waals surface area contributed by atoms with E-state index in [1.165, 1.54) is 43.5 Å². The second kappa shape index (κ2) is 11.2. The number of nitrogens with zero attached hydrogens (tertiary/aromatic N) is 1. The Hall–Kier alpha value is -3.57. The van der Waals surface area contributed by atoms with Gasteiger partial charge in [0.25, 0.3) is 5.91 Å². The lowest BCUT2D eigenvalue weighted by Crippen LogP contribution is -2.14. The zero-order valence-electron chi connectivity index (χ0n) is 19.3. The number of rotatable bonds is 7. The molecule has 3 rings (SSSR count). The van der Waals surface area contributed by atoms with E-state index in [0.717, 1.165) is 23.8 Å². The van der Waals surface area contributed by atoms with E-state index in [1.807, 2.05) is 29.5 Å². The second-order valence-electron chi connectivity index (χ2n) is 7.59. The van der Waals surface area contributed by atoms with Crippen LogP contribution in [0.4, 0.5) is 18.9 Å². The quantitative estimate of drug-likeness (QED) is 0.148. The first kappa shape index (κ1) is 28.0. The number of benzene rings is 3. The first-order valence-corrected chi connectivity index (χ1v) is 12.8. The summed E-state index contributed by atoms with van der Waals surface area (Å²) in [6.45, 7) is 1.81. The highest BCUT2D eigenvalue weighted by atomic mass is 127. The summed E-state index contributed by atoms with van der Waals surface area (Å²) in [4.78, 5) is 12.5. The van der Waals surface area contributed by atoms with Gasteiger partial charge in [-0.25, -0.2) is 0 Å². The highest BCUT2D eigenvalue weighted by Gasteiger charge is 2.30. The number of carbonyl (C=O) groups excluding carboxylic acids is 1. The van der Waals surface area contributed by atoms with E-state index >= 15 is 0 Å². The summed E-state index contributed by atoms with van der Waals surface area (Å²) < 4.78 is 75.2. The minimum absolute atomic E-state index is 0.0180. The Bertz CT molecular complexity index is 1510. The van der Waals surface area contributed by atoms with Crippen LogP contribution in [0, 0.1) is 21.8 Å². The van der Waals surface area contributed by atoms with Gasteiger partial charge in [0.15, 0.2) is 11.5 Å². The molecule has 3 aromatic carbocycles. The molecular weight excluding hydrogens is 624 g/mol. The molecule has 7 nitrogen and oxygen atoms in total. The number of aryl methyl sites for hydroxylation is 1. The molecule has 0 aromatic heterocycles. The summed E-state index contributed by atoms with van der Waals surface area (Å²) in [5.41, 5.74) is -0.345. The van der Waals surface area contributed by atoms with Crippen LogP contribution in [0.3, 0.4) is 0 Å². The van der Waals surface area contributed by atoms with E-state index in [9.17, 15) is 31.6 Å². The number of hydrogen-bond acceptors (Lipinski definition) is 6. The predicted molar refractivity (Wildman–Crippen MR) is 138 cm³/mol. The highest BCUT2D eigenvalue weighted by Crippen LogP contribution is 2.37. The minimum atomic E-state index is -4.60. The summed E-state index contributed by atoms with van der Waals surface area (Å²) in [6, 6.07) is 14.6. The number of alkyl halides is 3. The third-order valence-corrected chi connectivity index (χ3v) is 6.92. The third kappa shape index (κ3) is 7.01. The van der Waals surface area contributed by atoms with Crippen LogP contribution in [0.15, 0.2) is 71.1 Å². The van der Waals surface area contributed by atoms with E-state index in [-0.39, 0.29) is 27.6 Å². The van der Waals surface area contributed by atoms with Gasteiger partial charge in [-0.1, -0.05) is 23.8 Å². The van der Waals surface area contributed by atoms with Crippen molar-refractivity contribution < 1.29 is 35.3 Å². The maximum absolute atomic E-state index is 12.9. The summed E-state index contributed by atoms with van der Waals surface area (Å²) >= 11 is 1.82. The van der Waals surface area contributed by atoms with Crippen molar-refractivity contribution in [2.75, 3.05) is 12.4 Å². The molecule has 0 atom stereocenters. The number of halogens is 4. The van der Waals surface area contributed by atoms with Gasteiger partial charge in [-0.2, -0.15) is 26.9 Å². The number of hydrogen-bond donors (Lipinski definition) is 1. The van der Waals surface area contributed by atoms with Crippen LogP contribution in [-0.2, 0) is 21.1 Å². The first-order chi connectivity index (χ1) is 17.3. The lowest BCUT2D eigenvalue weighted by Gasteiger charge is -2.14. The van der Waals surface area contributed by atoms with Crippen molar-refractivity contribution in [1.82, 2.24) is 0 Å². The van der Waals surface area contributed by atoms with Crippen molar-refractivity contribution in [3.05, 3.63) is 86.5 Å². The molecule has 1 N–H and O–H groups in total. The van der Waals surface area contributed by atoms with Gasteiger partial charge >= 0.3 is 16.3 Å². The van der Waals surface area contributed by atoms with Crippen molar-refractivity contribution in [2.45, 2.75) is 18.0 Å². The van der Waals surface area contributed by atoms with Crippen molar-refractivity contribution >= 4 is 50.4 Å². The van der Waals surface area contributed by atoms with Gasteiger partial charge in [-0.15, -0.1) is 0 Å². The average Bonchev–Trinajstić information content (AvgIpc) is 2.83. The number of methoxy groups -OCH3 is 1. The van der Waals surface area contributed by atoms with Crippen LogP contribution < -0.4 is 14.2 Å². The van der Waals surface area contributed by atoms with E-state index in [4.69, 9.17) is 8.92 Å². The van der Waals surface area contributed by atoms with E-state index < -0.39 is 33.3 Å². The Morgan fingerprint density at radius 1 is 1.11 bits per heavy atom. The van der Waals surface area contributed by atoms with Gasteiger partial charge in [-0.05, 0) is 83.6 Å². The Kier molecular flexibility index (Phi) is 8.49. The highest BCUT2D eigenvalue weighted by molar-refractivity contribution is 14.1. The average molecular weight is 642 g/mol. The molecule has 0 saturated carbocycles. The molecule has 1 amide bonds. The van der Waals surface area contributed by atoms with Crippen LogP contribution in [0.5, 0.6) is 11.5 Å². The molecule has 0 aliphatic rings. The zero-order valence-corrected chi connectivity index (χ0v) is 22.2. The molecule has 0 aliphatic carbocycles. The van der Waals surface area contributed by atoms with Crippen molar-refractivity contribution in [3.8, 4) is 17.6 Å². The Morgan fingerprint density at radius 3 is 2.38 bits per heavy atom. The molecule has 0 saturated heterocycles. The fourth-order valence-electron chi connectivity index (χ4n) is 3.05. The summed E-state index contributed by atoms with van der Waals surface area (Å²) in [5.74, 6) is -1.00. The summed E-state index contributed by atoms with van der Waals surface area (Å²) in [5, 5.41) is 11.7. The molecule has 12 heteroatoms.